The Morgan fingerprint density at radius 2 is 0.288 bits per heavy atom. The monoisotopic (exact) mass is 1670 g/mol. The lowest BCUT2D eigenvalue weighted by Gasteiger charge is -2.40. The van der Waals surface area contributed by atoms with Gasteiger partial charge in [0.15, 0.2) is 0 Å². The van der Waals surface area contributed by atoms with E-state index < -0.39 is 22.7 Å². The van der Waals surface area contributed by atoms with Crippen LogP contribution in [0.3, 0.4) is 0 Å². The van der Waals surface area contributed by atoms with Crippen LogP contribution < -0.4 is 10.2 Å². The number of hydrogen-bond donors (Lipinski definition) is 0. The standard InChI is InChI=1S/2C48H100N.C14H10O5S/c2*1-5-9-13-17-21-25-29-33-37-41-45-49(46-42-38-34-30-26-22-18-14-10-6-2,47-43-39-35-31-27-23-19-15-11-7-3)48-44-40-36-32-28-24-20-16-12-8-4;15-13(16)9-1-5-11(6-2-9)20(19)12-7-3-10(4-8-12)14(17)18/h2*5-48H2,1-4H3;1-8H,(H,15,16)(H,17,18)/q2*+1;/p-2. The van der Waals surface area contributed by atoms with Crippen LogP contribution in [0.2, 0.25) is 0 Å². The number of benzene rings is 2. The van der Waals surface area contributed by atoms with Gasteiger partial charge < -0.3 is 28.8 Å². The number of rotatable bonds is 92. The molecule has 0 heterocycles. The lowest BCUT2D eigenvalue weighted by Crippen LogP contribution is -2.50. The van der Waals surface area contributed by atoms with E-state index in [4.69, 9.17) is 0 Å². The van der Waals surface area contributed by atoms with E-state index in [-0.39, 0.29) is 11.1 Å². The second-order valence-electron chi connectivity index (χ2n) is 37.8. The highest BCUT2D eigenvalue weighted by atomic mass is 32.2. The largest absolute Gasteiger partial charge is 0.545 e. The summed E-state index contributed by atoms with van der Waals surface area (Å²) in [5.74, 6) is -2.61. The zero-order valence-electron chi connectivity index (χ0n) is 81.2. The molecule has 0 fully saturated rings. The van der Waals surface area contributed by atoms with Crippen LogP contribution in [0.5, 0.6) is 0 Å². The number of carbonyl (C=O) groups is 2. The Bertz CT molecular complexity index is 1980. The summed E-state index contributed by atoms with van der Waals surface area (Å²) < 4.78 is 15.2. The minimum absolute atomic E-state index is 0.00181. The molecule has 0 bridgehead atoms. The number of quaternary nitrogens is 2. The molecular formula is C110H208N2O5S. The Kier molecular flexibility index (Phi) is 90.1. The summed E-state index contributed by atoms with van der Waals surface area (Å²) >= 11 is 0. The Balaban J connectivity index is 0.00000188. The molecule has 2 rings (SSSR count). The maximum absolute atomic E-state index is 12.2. The van der Waals surface area contributed by atoms with Gasteiger partial charge in [-0.1, -0.05) is 491 Å². The van der Waals surface area contributed by atoms with E-state index in [0.717, 1.165) is 0 Å². The van der Waals surface area contributed by atoms with Crippen molar-refractivity contribution in [3.05, 3.63) is 59.7 Å². The van der Waals surface area contributed by atoms with Crippen molar-refractivity contribution in [1.29, 1.82) is 0 Å². The van der Waals surface area contributed by atoms with Crippen LogP contribution in [0.4, 0.5) is 0 Å². The smallest absolute Gasteiger partial charge is 0.0849 e. The zero-order valence-corrected chi connectivity index (χ0v) is 82.0. The van der Waals surface area contributed by atoms with E-state index in [1.165, 1.54) is 624 Å². The predicted octanol–water partition coefficient (Wildman–Crippen LogP) is 34.6. The van der Waals surface area contributed by atoms with Crippen LogP contribution in [0.1, 0.15) is 590 Å². The molecule has 0 saturated heterocycles. The van der Waals surface area contributed by atoms with Gasteiger partial charge in [-0.2, -0.15) is 0 Å². The lowest BCUT2D eigenvalue weighted by molar-refractivity contribution is -0.929. The van der Waals surface area contributed by atoms with Crippen molar-refractivity contribution in [2.24, 2.45) is 0 Å². The molecule has 0 amide bonds. The van der Waals surface area contributed by atoms with Crippen molar-refractivity contribution in [1.82, 2.24) is 0 Å². The van der Waals surface area contributed by atoms with Gasteiger partial charge in [-0.3, -0.25) is 0 Å². The van der Waals surface area contributed by atoms with Gasteiger partial charge in [0.25, 0.3) is 0 Å². The van der Waals surface area contributed by atoms with Crippen molar-refractivity contribution in [3.63, 3.8) is 0 Å². The average molecular weight is 1670 g/mol. The molecule has 118 heavy (non-hydrogen) atoms. The summed E-state index contributed by atoms with van der Waals surface area (Å²) in [5, 5.41) is 21.2. The fourth-order valence-electron chi connectivity index (χ4n) is 18.4. The Hall–Kier alpha value is -2.55. The Morgan fingerprint density at radius 3 is 0.390 bits per heavy atom. The maximum atomic E-state index is 12.2. The quantitative estimate of drug-likeness (QED) is 0.0485. The first-order valence-electron chi connectivity index (χ1n) is 53.7. The number of unbranched alkanes of at least 4 members (excludes halogenated alkanes) is 72. The van der Waals surface area contributed by atoms with Crippen molar-refractivity contribution >= 4 is 22.7 Å². The van der Waals surface area contributed by atoms with Crippen molar-refractivity contribution in [3.8, 4) is 0 Å². The molecule has 0 N–H and O–H groups in total. The first-order chi connectivity index (χ1) is 58.0. The van der Waals surface area contributed by atoms with E-state index in [1.807, 2.05) is 0 Å². The molecule has 0 aliphatic rings. The van der Waals surface area contributed by atoms with E-state index in [9.17, 15) is 24.0 Å². The molecule has 0 aliphatic heterocycles. The van der Waals surface area contributed by atoms with Gasteiger partial charge in [0, 0.05) is 9.79 Å². The van der Waals surface area contributed by atoms with Crippen LogP contribution in [0.15, 0.2) is 58.3 Å². The number of aromatic carboxylic acids is 2. The van der Waals surface area contributed by atoms with Crippen LogP contribution in [-0.2, 0) is 10.8 Å². The normalized spacial score (nSPS) is 11.7. The minimum atomic E-state index is -1.52. The summed E-state index contributed by atoms with van der Waals surface area (Å²) in [6.07, 6.45) is 117. The summed E-state index contributed by atoms with van der Waals surface area (Å²) in [7, 11) is -1.52. The van der Waals surface area contributed by atoms with Gasteiger partial charge in [-0.15, -0.1) is 0 Å². The van der Waals surface area contributed by atoms with Crippen LogP contribution >= 0.6 is 0 Å². The highest BCUT2D eigenvalue weighted by Gasteiger charge is 2.28. The van der Waals surface area contributed by atoms with Gasteiger partial charge >= 0.3 is 0 Å². The molecule has 0 radical (unpaired) electrons. The SMILES string of the molecule is CCCCCCCCCCCC[N+](CCCCCCCCCCCC)(CCCCCCCCCCCC)CCCCCCCCCCCC.CCCCCCCCCCCC[N+](CCCCCCCCCCCC)(CCCCCCCCCCCC)CCCCCCCCCCCC.O=C([O-])c1ccc(S(=O)c2ccc(C(=O)[O-])cc2)cc1. The van der Waals surface area contributed by atoms with E-state index in [2.05, 4.69) is 55.4 Å². The van der Waals surface area contributed by atoms with Gasteiger partial charge in [0.05, 0.1) is 75.1 Å². The average Bonchev–Trinajstić information content (AvgIpc) is 0.850. The Labute approximate surface area is 741 Å². The third kappa shape index (κ3) is 75.9. The third-order valence-electron chi connectivity index (χ3n) is 26.5. The first-order valence-corrected chi connectivity index (χ1v) is 54.9. The molecule has 0 unspecified atom stereocenters. The topological polar surface area (TPSA) is 97.3 Å². The molecule has 694 valence electrons. The highest BCUT2D eigenvalue weighted by Crippen LogP contribution is 2.27. The molecule has 0 atom stereocenters. The molecule has 2 aromatic rings. The first kappa shape index (κ1) is 115. The molecular weight excluding hydrogens is 1460 g/mol. The van der Waals surface area contributed by atoms with Gasteiger partial charge in [0.2, 0.25) is 0 Å². The molecule has 0 spiro atoms. The molecule has 2 aromatic carbocycles. The zero-order chi connectivity index (χ0) is 85.9. The predicted molar refractivity (Wildman–Crippen MR) is 520 cm³/mol. The lowest BCUT2D eigenvalue weighted by atomic mass is 10.0. The maximum Gasteiger partial charge on any atom is 0.0849 e. The van der Waals surface area contributed by atoms with Crippen LogP contribution in [-0.4, -0.2) is 77.5 Å². The number of hydrogen-bond acceptors (Lipinski definition) is 5. The van der Waals surface area contributed by atoms with E-state index in [1.54, 1.807) is 0 Å². The molecule has 0 saturated carbocycles. The van der Waals surface area contributed by atoms with Gasteiger partial charge in [-0.05, 0) is 138 Å². The fourth-order valence-corrected chi connectivity index (χ4v) is 19.4. The summed E-state index contributed by atoms with van der Waals surface area (Å²) in [6.45, 7) is 30.6. The third-order valence-corrected chi connectivity index (χ3v) is 27.9. The van der Waals surface area contributed by atoms with Crippen molar-refractivity contribution in [2.75, 3.05) is 52.4 Å². The summed E-state index contributed by atoms with van der Waals surface area (Å²) in [5.41, 5.74) is -0.00361. The summed E-state index contributed by atoms with van der Waals surface area (Å²) in [4.78, 5) is 22.0. The molecule has 7 nitrogen and oxygen atoms in total. The van der Waals surface area contributed by atoms with Crippen LogP contribution in [0.25, 0.3) is 0 Å². The second kappa shape index (κ2) is 92.1. The second-order valence-corrected chi connectivity index (χ2v) is 39.3. The molecule has 8 heteroatoms. The van der Waals surface area contributed by atoms with Crippen LogP contribution in [0, 0.1) is 0 Å². The van der Waals surface area contributed by atoms with Crippen molar-refractivity contribution in [2.45, 2.75) is 579 Å². The highest BCUT2D eigenvalue weighted by molar-refractivity contribution is 7.85. The van der Waals surface area contributed by atoms with E-state index >= 15 is 0 Å². The number of carboxylic acids is 2. The Morgan fingerprint density at radius 1 is 0.186 bits per heavy atom. The fraction of sp³-hybridized carbons (Fsp3) is 0.873. The number of carbonyl (C=O) groups excluding carboxylic acids is 2. The summed E-state index contributed by atoms with van der Waals surface area (Å²) in [6, 6.07) is 10.9. The van der Waals surface area contributed by atoms with Gasteiger partial charge in [-0.25, -0.2) is 4.21 Å². The number of carboxylic acid groups (broad SMARTS) is 2. The van der Waals surface area contributed by atoms with Gasteiger partial charge in [0.1, 0.15) is 0 Å². The van der Waals surface area contributed by atoms with E-state index in [0.29, 0.717) is 9.79 Å². The number of nitrogens with zero attached hydrogens (tertiary/aromatic N) is 2. The molecule has 0 aliphatic carbocycles. The minimum Gasteiger partial charge on any atom is -0.545 e. The van der Waals surface area contributed by atoms with Crippen molar-refractivity contribution < 1.29 is 33.0 Å². The molecule has 0 aromatic heterocycles.